The molecule has 1 N–H and O–H groups in total. The number of alkyl halides is 3. The van der Waals surface area contributed by atoms with Crippen molar-refractivity contribution in [1.29, 1.82) is 0 Å². The van der Waals surface area contributed by atoms with Crippen molar-refractivity contribution < 1.29 is 22.8 Å². The van der Waals surface area contributed by atoms with Gasteiger partial charge in [0.15, 0.2) is 10.6 Å². The van der Waals surface area contributed by atoms with Gasteiger partial charge in [0.25, 0.3) is 5.91 Å². The van der Waals surface area contributed by atoms with Gasteiger partial charge in [0.2, 0.25) is 0 Å². The molecule has 1 aromatic heterocycles. The van der Waals surface area contributed by atoms with Gasteiger partial charge in [-0.3, -0.25) is 4.79 Å². The molecule has 1 aromatic carbocycles. The summed E-state index contributed by atoms with van der Waals surface area (Å²) < 4.78 is 41.6. The van der Waals surface area contributed by atoms with Crippen LogP contribution in [0.25, 0.3) is 0 Å². The predicted octanol–water partition coefficient (Wildman–Crippen LogP) is 5.31. The molecule has 2 aromatic rings. The van der Waals surface area contributed by atoms with Crippen LogP contribution in [0.15, 0.2) is 29.4 Å². The van der Waals surface area contributed by atoms with Crippen LogP contribution in [0, 0.1) is 12.3 Å². The molecule has 1 heterocycles. The normalized spacial score (nSPS) is 13.2. The van der Waals surface area contributed by atoms with Crippen LogP contribution in [0.5, 0.6) is 5.75 Å². The van der Waals surface area contributed by atoms with E-state index < -0.39 is 23.2 Å². The lowest BCUT2D eigenvalue weighted by Crippen LogP contribution is -2.38. The van der Waals surface area contributed by atoms with Crippen molar-refractivity contribution in [2.75, 3.05) is 0 Å². The molecular weight excluding hydrogens is 439 g/mol. The summed E-state index contributed by atoms with van der Waals surface area (Å²) in [4.78, 5) is 24.0. The van der Waals surface area contributed by atoms with Gasteiger partial charge in [-0.25, -0.2) is 0 Å². The van der Waals surface area contributed by atoms with E-state index in [0.717, 1.165) is 23.1 Å². The molecule has 9 heteroatoms. The fraction of sp³-hybridized carbons (Fsp3) is 0.478. The number of amides is 1. The van der Waals surface area contributed by atoms with E-state index in [9.17, 15) is 18.0 Å². The molecule has 0 aliphatic heterocycles. The molecule has 1 amide bonds. The summed E-state index contributed by atoms with van der Waals surface area (Å²) in [5.41, 5.74) is 0.789. The van der Waals surface area contributed by atoms with Crippen molar-refractivity contribution >= 4 is 17.2 Å². The standard InChI is InChI=1S/C23H28F3N3O2S/c1-8-9-12-29-14-18(21(2,3)4)32-20(29)27-19(30)16-13-15(23(24,25)26)10-11-17(16)31-28-22(5,6)7/h1,10-11,13-14,28H,9,12H2,2-7H3/b27-20-. The average Bonchev–Trinajstić information content (AvgIpc) is 3.06. The SMILES string of the molecule is C#CCCn1cc(C(C)(C)C)s/c1=N\C(=O)c1cc(C(F)(F)F)ccc1ONC(C)(C)C. The minimum atomic E-state index is -4.61. The Morgan fingerprint density at radius 3 is 2.41 bits per heavy atom. The van der Waals surface area contributed by atoms with E-state index >= 15 is 0 Å². The Hall–Kier alpha value is -2.57. The molecular formula is C23H28F3N3O2S. The third kappa shape index (κ3) is 6.97. The second-order valence-electron chi connectivity index (χ2n) is 9.36. The largest absolute Gasteiger partial charge is 0.416 e. The summed E-state index contributed by atoms with van der Waals surface area (Å²) in [6, 6.07) is 2.74. The number of aromatic nitrogens is 1. The van der Waals surface area contributed by atoms with E-state index in [1.807, 2.05) is 47.7 Å². The minimum Gasteiger partial charge on any atom is -0.407 e. The van der Waals surface area contributed by atoms with Crippen LogP contribution in [0.1, 0.15) is 68.8 Å². The molecule has 0 aliphatic rings. The van der Waals surface area contributed by atoms with Gasteiger partial charge in [0.05, 0.1) is 11.1 Å². The first-order valence-electron chi connectivity index (χ1n) is 10.0. The number of carbonyl (C=O) groups excluding carboxylic acids is 1. The highest BCUT2D eigenvalue weighted by atomic mass is 32.1. The molecule has 0 atom stereocenters. The summed E-state index contributed by atoms with van der Waals surface area (Å²) in [6.45, 7) is 11.9. The van der Waals surface area contributed by atoms with Crippen LogP contribution in [-0.2, 0) is 18.1 Å². The number of halogens is 3. The highest BCUT2D eigenvalue weighted by Crippen LogP contribution is 2.33. The number of nitrogens with one attached hydrogen (secondary N) is 1. The lowest BCUT2D eigenvalue weighted by atomic mass is 9.95. The van der Waals surface area contributed by atoms with Crippen LogP contribution in [0.3, 0.4) is 0 Å². The minimum absolute atomic E-state index is 0.0375. The monoisotopic (exact) mass is 467 g/mol. The van der Waals surface area contributed by atoms with Crippen molar-refractivity contribution in [2.24, 2.45) is 4.99 Å². The summed E-state index contributed by atoms with van der Waals surface area (Å²) in [6.07, 6.45) is 3.06. The molecule has 174 valence electrons. The average molecular weight is 468 g/mol. The number of nitrogens with zero attached hydrogens (tertiary/aromatic N) is 2. The number of aryl methyl sites for hydroxylation is 1. The topological polar surface area (TPSA) is 55.6 Å². The van der Waals surface area contributed by atoms with Crippen LogP contribution < -0.4 is 15.1 Å². The molecule has 0 saturated carbocycles. The van der Waals surface area contributed by atoms with Gasteiger partial charge in [-0.05, 0) is 44.4 Å². The van der Waals surface area contributed by atoms with E-state index in [4.69, 9.17) is 11.3 Å². The summed E-state index contributed by atoms with van der Waals surface area (Å²) in [5, 5.41) is 0. The highest BCUT2D eigenvalue weighted by Gasteiger charge is 2.32. The summed E-state index contributed by atoms with van der Waals surface area (Å²) in [5.74, 6) is 1.67. The van der Waals surface area contributed by atoms with Gasteiger partial charge in [-0.2, -0.15) is 23.6 Å². The van der Waals surface area contributed by atoms with Crippen molar-refractivity contribution in [3.8, 4) is 18.1 Å². The van der Waals surface area contributed by atoms with Crippen LogP contribution in [0.4, 0.5) is 13.2 Å². The second kappa shape index (κ2) is 9.51. The lowest BCUT2D eigenvalue weighted by molar-refractivity contribution is -0.137. The Kier molecular flexibility index (Phi) is 7.63. The third-order valence-corrected chi connectivity index (χ3v) is 5.60. The number of thiazole rings is 1. The van der Waals surface area contributed by atoms with Gasteiger partial charge in [0.1, 0.15) is 0 Å². The summed E-state index contributed by atoms with van der Waals surface area (Å²) in [7, 11) is 0. The number of hydroxylamine groups is 1. The Labute approximate surface area is 190 Å². The number of benzene rings is 1. The van der Waals surface area contributed by atoms with Crippen molar-refractivity contribution in [3.63, 3.8) is 0 Å². The van der Waals surface area contributed by atoms with Crippen LogP contribution in [0.2, 0.25) is 0 Å². The molecule has 5 nitrogen and oxygen atoms in total. The summed E-state index contributed by atoms with van der Waals surface area (Å²) >= 11 is 1.30. The number of hydrogen-bond acceptors (Lipinski definition) is 4. The number of terminal acetylenes is 1. The predicted molar refractivity (Wildman–Crippen MR) is 119 cm³/mol. The van der Waals surface area contributed by atoms with Crippen LogP contribution in [-0.4, -0.2) is 16.0 Å². The molecule has 0 saturated heterocycles. The van der Waals surface area contributed by atoms with E-state index in [1.54, 1.807) is 4.57 Å². The number of rotatable bonds is 5. The zero-order chi connectivity index (χ0) is 24.3. The zero-order valence-corrected chi connectivity index (χ0v) is 19.9. The number of hydrogen-bond donors (Lipinski definition) is 1. The smallest absolute Gasteiger partial charge is 0.407 e. The molecule has 32 heavy (non-hydrogen) atoms. The zero-order valence-electron chi connectivity index (χ0n) is 19.1. The second-order valence-corrected chi connectivity index (χ2v) is 10.4. The molecule has 0 bridgehead atoms. The van der Waals surface area contributed by atoms with E-state index in [-0.39, 0.29) is 16.7 Å². The van der Waals surface area contributed by atoms with Gasteiger partial charge in [-0.15, -0.1) is 23.7 Å². The first-order chi connectivity index (χ1) is 14.6. The molecule has 0 radical (unpaired) electrons. The van der Waals surface area contributed by atoms with Crippen molar-refractivity contribution in [3.05, 3.63) is 45.2 Å². The third-order valence-electron chi connectivity index (χ3n) is 4.16. The Bertz CT molecular complexity index is 1080. The van der Waals surface area contributed by atoms with Crippen molar-refractivity contribution in [1.82, 2.24) is 10.0 Å². The van der Waals surface area contributed by atoms with Gasteiger partial charge < -0.3 is 9.40 Å². The van der Waals surface area contributed by atoms with Gasteiger partial charge >= 0.3 is 6.18 Å². The molecule has 2 rings (SSSR count). The van der Waals surface area contributed by atoms with Crippen LogP contribution >= 0.6 is 11.3 Å². The Balaban J connectivity index is 2.58. The van der Waals surface area contributed by atoms with Crippen molar-refractivity contribution in [2.45, 2.75) is 71.6 Å². The van der Waals surface area contributed by atoms with E-state index in [0.29, 0.717) is 17.8 Å². The van der Waals surface area contributed by atoms with Gasteiger partial charge in [-0.1, -0.05) is 20.8 Å². The lowest BCUT2D eigenvalue weighted by Gasteiger charge is -2.21. The fourth-order valence-electron chi connectivity index (χ4n) is 2.48. The van der Waals surface area contributed by atoms with E-state index in [1.165, 1.54) is 11.3 Å². The van der Waals surface area contributed by atoms with E-state index in [2.05, 4.69) is 16.4 Å². The molecule has 0 aliphatic carbocycles. The van der Waals surface area contributed by atoms with Gasteiger partial charge in [0, 0.05) is 29.6 Å². The molecule has 0 fully saturated rings. The maximum Gasteiger partial charge on any atom is 0.416 e. The number of carbonyl (C=O) groups is 1. The maximum absolute atomic E-state index is 13.3. The Morgan fingerprint density at radius 1 is 1.22 bits per heavy atom. The Morgan fingerprint density at radius 2 is 1.88 bits per heavy atom. The molecule has 0 spiro atoms. The highest BCUT2D eigenvalue weighted by molar-refractivity contribution is 7.09. The first kappa shape index (κ1) is 25.7. The maximum atomic E-state index is 13.3. The fourth-order valence-corrected chi connectivity index (χ4v) is 3.55. The first-order valence-corrected chi connectivity index (χ1v) is 10.8. The molecule has 0 unspecified atom stereocenters. The quantitative estimate of drug-likeness (QED) is 0.479.